The maximum Gasteiger partial charge on any atom is 0.255 e. The van der Waals surface area contributed by atoms with Gasteiger partial charge in [0.15, 0.2) is 0 Å². The summed E-state index contributed by atoms with van der Waals surface area (Å²) in [5.41, 5.74) is 0.962. The molecule has 33 heavy (non-hydrogen) atoms. The van der Waals surface area contributed by atoms with Crippen LogP contribution in [0.1, 0.15) is 56.3 Å². The number of nitrogens with zero attached hydrogens (tertiary/aromatic N) is 1. The fourth-order valence-electron chi connectivity index (χ4n) is 6.06. The van der Waals surface area contributed by atoms with Crippen molar-refractivity contribution in [2.75, 3.05) is 11.9 Å². The first-order valence-corrected chi connectivity index (χ1v) is 13.4. The molecular formula is C26H32N2O4S. The molecular weight excluding hydrogens is 436 g/mol. The molecule has 2 atom stereocenters. The van der Waals surface area contributed by atoms with Gasteiger partial charge in [0.2, 0.25) is 10.0 Å². The Morgan fingerprint density at radius 2 is 1.64 bits per heavy atom. The molecule has 6 rings (SSSR count). The van der Waals surface area contributed by atoms with E-state index in [0.717, 1.165) is 31.4 Å². The first-order valence-electron chi connectivity index (χ1n) is 12.0. The minimum atomic E-state index is -3.65. The van der Waals surface area contributed by atoms with Crippen molar-refractivity contribution in [3.63, 3.8) is 0 Å². The standard InChI is InChI=1S/C26H32N2O4S/c1-17(2)32-24-8-6-22(7-9-24)27-26(29)21-4-3-5-25(15-21)33(30,31)28-16-20-11-18-10-19(12-20)14-23(28)13-18/h3-9,15,17-20,23H,10-14,16H2,1-2H3,(H,27,29). The Balaban J connectivity index is 1.33. The van der Waals surface area contributed by atoms with Gasteiger partial charge in [-0.2, -0.15) is 4.31 Å². The molecule has 2 saturated carbocycles. The summed E-state index contributed by atoms with van der Waals surface area (Å²) in [6, 6.07) is 13.7. The summed E-state index contributed by atoms with van der Waals surface area (Å²) in [7, 11) is -3.65. The molecule has 176 valence electrons. The van der Waals surface area contributed by atoms with E-state index in [9.17, 15) is 13.2 Å². The van der Waals surface area contributed by atoms with Crippen molar-refractivity contribution >= 4 is 21.6 Å². The van der Waals surface area contributed by atoms with Gasteiger partial charge in [0, 0.05) is 23.8 Å². The molecule has 6 nitrogen and oxygen atoms in total. The van der Waals surface area contributed by atoms with E-state index in [1.54, 1.807) is 46.8 Å². The molecule has 4 aliphatic rings. The Hall–Kier alpha value is -2.38. The molecule has 2 aliphatic heterocycles. The minimum absolute atomic E-state index is 0.0737. The average molecular weight is 469 g/mol. The van der Waals surface area contributed by atoms with E-state index >= 15 is 0 Å². The van der Waals surface area contributed by atoms with Crippen LogP contribution in [0.3, 0.4) is 0 Å². The first kappa shape index (κ1) is 22.4. The lowest BCUT2D eigenvalue weighted by Gasteiger charge is -2.38. The fourth-order valence-corrected chi connectivity index (χ4v) is 7.83. The predicted octanol–water partition coefficient (Wildman–Crippen LogP) is 4.93. The van der Waals surface area contributed by atoms with Crippen molar-refractivity contribution in [3.8, 4) is 5.75 Å². The van der Waals surface area contributed by atoms with Crippen LogP contribution < -0.4 is 10.1 Å². The number of hydrogen-bond donors (Lipinski definition) is 1. The van der Waals surface area contributed by atoms with E-state index in [1.807, 2.05) is 13.8 Å². The molecule has 2 aromatic rings. The second-order valence-electron chi connectivity index (χ2n) is 10.2. The quantitative estimate of drug-likeness (QED) is 0.653. The lowest BCUT2D eigenvalue weighted by Crippen LogP contribution is -2.42. The number of nitrogens with one attached hydrogen (secondary N) is 1. The molecule has 2 aromatic carbocycles. The normalized spacial score (nSPS) is 26.9. The van der Waals surface area contributed by atoms with E-state index in [0.29, 0.717) is 35.5 Å². The minimum Gasteiger partial charge on any atom is -0.491 e. The first-order chi connectivity index (χ1) is 15.8. The van der Waals surface area contributed by atoms with E-state index in [-0.39, 0.29) is 22.9 Å². The number of benzene rings is 2. The van der Waals surface area contributed by atoms with Crippen LogP contribution in [0.4, 0.5) is 5.69 Å². The number of hydrogen-bond acceptors (Lipinski definition) is 4. The molecule has 4 fully saturated rings. The van der Waals surface area contributed by atoms with Crippen LogP contribution in [0, 0.1) is 17.8 Å². The lowest BCUT2D eigenvalue weighted by molar-refractivity contribution is 0.102. The van der Waals surface area contributed by atoms with Crippen LogP contribution in [-0.2, 0) is 10.0 Å². The second kappa shape index (κ2) is 8.76. The van der Waals surface area contributed by atoms with Crippen LogP contribution in [-0.4, -0.2) is 37.3 Å². The molecule has 2 heterocycles. The van der Waals surface area contributed by atoms with Gasteiger partial charge in [-0.3, -0.25) is 4.79 Å². The SMILES string of the molecule is CC(C)Oc1ccc(NC(=O)c2cccc(S(=O)(=O)N3CC4CC5CC(C4)CC3C5)c2)cc1. The Morgan fingerprint density at radius 3 is 2.30 bits per heavy atom. The molecule has 2 saturated heterocycles. The summed E-state index contributed by atoms with van der Waals surface area (Å²) in [5, 5.41) is 2.85. The van der Waals surface area contributed by atoms with Gasteiger partial charge in [0.25, 0.3) is 5.91 Å². The molecule has 1 amide bonds. The van der Waals surface area contributed by atoms with Crippen molar-refractivity contribution < 1.29 is 17.9 Å². The van der Waals surface area contributed by atoms with Gasteiger partial charge < -0.3 is 10.1 Å². The highest BCUT2D eigenvalue weighted by Gasteiger charge is 2.46. The zero-order valence-electron chi connectivity index (χ0n) is 19.2. The number of amides is 1. The zero-order chi connectivity index (χ0) is 23.2. The van der Waals surface area contributed by atoms with Crippen molar-refractivity contribution in [3.05, 3.63) is 54.1 Å². The van der Waals surface area contributed by atoms with Gasteiger partial charge in [0.05, 0.1) is 11.0 Å². The number of carbonyl (C=O) groups is 1. The molecule has 2 unspecified atom stereocenters. The highest BCUT2D eigenvalue weighted by Crippen LogP contribution is 2.48. The predicted molar refractivity (Wildman–Crippen MR) is 128 cm³/mol. The number of anilines is 1. The van der Waals surface area contributed by atoms with Crippen LogP contribution in [0.5, 0.6) is 5.75 Å². The van der Waals surface area contributed by atoms with Crippen molar-refractivity contribution in [1.29, 1.82) is 0 Å². The van der Waals surface area contributed by atoms with Gasteiger partial charge in [-0.25, -0.2) is 8.42 Å². The summed E-state index contributed by atoms with van der Waals surface area (Å²) < 4.78 is 34.7. The van der Waals surface area contributed by atoms with E-state index < -0.39 is 10.0 Å². The average Bonchev–Trinajstić information content (AvgIpc) is 2.98. The Kier molecular flexibility index (Phi) is 5.95. The molecule has 1 N–H and O–H groups in total. The van der Waals surface area contributed by atoms with E-state index in [2.05, 4.69) is 5.32 Å². The third-order valence-corrected chi connectivity index (χ3v) is 9.16. The van der Waals surface area contributed by atoms with E-state index in [1.165, 1.54) is 12.5 Å². The van der Waals surface area contributed by atoms with Crippen molar-refractivity contribution in [2.24, 2.45) is 17.8 Å². The smallest absolute Gasteiger partial charge is 0.255 e. The topological polar surface area (TPSA) is 75.7 Å². The zero-order valence-corrected chi connectivity index (χ0v) is 20.1. The molecule has 0 aromatic heterocycles. The number of ether oxygens (including phenoxy) is 1. The molecule has 0 spiro atoms. The Labute approximate surface area is 196 Å². The number of carbonyl (C=O) groups excluding carboxylic acids is 1. The molecule has 7 heteroatoms. The third-order valence-electron chi connectivity index (χ3n) is 7.24. The Morgan fingerprint density at radius 1 is 0.970 bits per heavy atom. The monoisotopic (exact) mass is 468 g/mol. The maximum absolute atomic E-state index is 13.6. The van der Waals surface area contributed by atoms with Crippen molar-refractivity contribution in [1.82, 2.24) is 4.31 Å². The summed E-state index contributed by atoms with van der Waals surface area (Å²) in [6.07, 6.45) is 5.60. The highest BCUT2D eigenvalue weighted by atomic mass is 32.2. The van der Waals surface area contributed by atoms with E-state index in [4.69, 9.17) is 4.74 Å². The van der Waals surface area contributed by atoms with Crippen molar-refractivity contribution in [2.45, 2.75) is 63.0 Å². The number of fused-ring (bicyclic) bond motifs is 1. The van der Waals surface area contributed by atoms with Crippen LogP contribution in [0.25, 0.3) is 0 Å². The number of sulfonamides is 1. The Bertz CT molecular complexity index is 1120. The fraction of sp³-hybridized carbons (Fsp3) is 0.500. The summed E-state index contributed by atoms with van der Waals surface area (Å²) in [5.74, 6) is 2.20. The van der Waals surface area contributed by atoms with Crippen LogP contribution in [0.2, 0.25) is 0 Å². The largest absolute Gasteiger partial charge is 0.491 e. The second-order valence-corrected chi connectivity index (χ2v) is 12.1. The third kappa shape index (κ3) is 4.66. The lowest BCUT2D eigenvalue weighted by atomic mass is 9.68. The van der Waals surface area contributed by atoms with Crippen LogP contribution >= 0.6 is 0 Å². The molecule has 0 radical (unpaired) electrons. The van der Waals surface area contributed by atoms with Gasteiger partial charge in [0.1, 0.15) is 5.75 Å². The summed E-state index contributed by atoms with van der Waals surface area (Å²) in [4.78, 5) is 13.1. The van der Waals surface area contributed by atoms with Gasteiger partial charge >= 0.3 is 0 Å². The van der Waals surface area contributed by atoms with Gasteiger partial charge in [-0.1, -0.05) is 6.07 Å². The van der Waals surface area contributed by atoms with Crippen LogP contribution in [0.15, 0.2) is 53.4 Å². The summed E-state index contributed by atoms with van der Waals surface area (Å²) >= 11 is 0. The maximum atomic E-state index is 13.6. The van der Waals surface area contributed by atoms with Gasteiger partial charge in [-0.15, -0.1) is 0 Å². The highest BCUT2D eigenvalue weighted by molar-refractivity contribution is 7.89. The summed E-state index contributed by atoms with van der Waals surface area (Å²) in [6.45, 7) is 4.52. The number of rotatable bonds is 6. The molecule has 4 bridgehead atoms. The molecule has 2 aliphatic carbocycles. The van der Waals surface area contributed by atoms with Gasteiger partial charge in [-0.05, 0) is 106 Å².